The second kappa shape index (κ2) is 5.79. The summed E-state index contributed by atoms with van der Waals surface area (Å²) in [5, 5.41) is 8.87. The van der Waals surface area contributed by atoms with Gasteiger partial charge in [-0.3, -0.25) is 4.40 Å². The Bertz CT molecular complexity index is 836. The lowest BCUT2D eigenvalue weighted by atomic mass is 10.1. The Hall–Kier alpha value is -2.18. The predicted octanol–water partition coefficient (Wildman–Crippen LogP) is 2.74. The molecule has 6 nitrogen and oxygen atoms in total. The zero-order chi connectivity index (χ0) is 15.8. The van der Waals surface area contributed by atoms with Gasteiger partial charge in [0.1, 0.15) is 12.4 Å². The zero-order valence-corrected chi connectivity index (χ0v) is 13.4. The number of nitrogens with zero attached hydrogens (tertiary/aromatic N) is 5. The third-order valence-corrected chi connectivity index (χ3v) is 4.36. The van der Waals surface area contributed by atoms with Crippen molar-refractivity contribution in [3.8, 4) is 0 Å². The lowest BCUT2D eigenvalue weighted by Crippen LogP contribution is -2.45. The number of anilines is 1. The fraction of sp³-hybridized carbons (Fsp3) is 0.312. The van der Waals surface area contributed by atoms with Crippen molar-refractivity contribution in [1.29, 1.82) is 0 Å². The van der Waals surface area contributed by atoms with Crippen molar-refractivity contribution >= 4 is 23.1 Å². The Morgan fingerprint density at radius 1 is 1.35 bits per heavy atom. The lowest BCUT2D eigenvalue weighted by molar-refractivity contribution is 0.0213. The fourth-order valence-corrected chi connectivity index (χ4v) is 3.11. The summed E-state index contributed by atoms with van der Waals surface area (Å²) < 4.78 is 7.88. The molecule has 2 aromatic heterocycles. The Kier molecular flexibility index (Phi) is 3.63. The van der Waals surface area contributed by atoms with Crippen LogP contribution in [0.5, 0.6) is 0 Å². The molecule has 0 unspecified atom stereocenters. The highest BCUT2D eigenvalue weighted by Gasteiger charge is 2.29. The van der Waals surface area contributed by atoms with E-state index in [2.05, 4.69) is 27.0 Å². The van der Waals surface area contributed by atoms with Crippen molar-refractivity contribution in [2.45, 2.75) is 19.1 Å². The molecular weight excluding hydrogens is 314 g/mol. The highest BCUT2D eigenvalue weighted by molar-refractivity contribution is 6.30. The average Bonchev–Trinajstić information content (AvgIpc) is 3.04. The van der Waals surface area contributed by atoms with E-state index in [-0.39, 0.29) is 12.1 Å². The van der Waals surface area contributed by atoms with E-state index in [9.17, 15) is 0 Å². The number of morpholine rings is 1. The maximum Gasteiger partial charge on any atom is 0.203 e. The quantitative estimate of drug-likeness (QED) is 0.723. The maximum absolute atomic E-state index is 6.11. The van der Waals surface area contributed by atoms with E-state index < -0.39 is 0 Å². The second-order valence-corrected chi connectivity index (χ2v) is 6.13. The number of rotatable bonds is 2. The van der Waals surface area contributed by atoms with Gasteiger partial charge < -0.3 is 9.64 Å². The minimum Gasteiger partial charge on any atom is -0.370 e. The first-order chi connectivity index (χ1) is 11.2. The van der Waals surface area contributed by atoms with Crippen LogP contribution in [0.2, 0.25) is 5.02 Å². The molecular formula is C16H16ClN5O. The maximum atomic E-state index is 6.11. The van der Waals surface area contributed by atoms with Crippen LogP contribution in [0.3, 0.4) is 0 Å². The summed E-state index contributed by atoms with van der Waals surface area (Å²) in [6.45, 7) is 3.44. The van der Waals surface area contributed by atoms with Gasteiger partial charge in [0, 0.05) is 17.4 Å². The van der Waals surface area contributed by atoms with Crippen molar-refractivity contribution in [3.05, 3.63) is 53.6 Å². The summed E-state index contributed by atoms with van der Waals surface area (Å²) in [5.41, 5.74) is 1.83. The highest BCUT2D eigenvalue weighted by Crippen LogP contribution is 2.30. The lowest BCUT2D eigenvalue weighted by Gasteiger charge is -2.38. The van der Waals surface area contributed by atoms with Gasteiger partial charge >= 0.3 is 0 Å². The van der Waals surface area contributed by atoms with E-state index in [1.807, 2.05) is 34.9 Å². The van der Waals surface area contributed by atoms with Gasteiger partial charge in [-0.15, -0.1) is 10.2 Å². The van der Waals surface area contributed by atoms with E-state index in [0.29, 0.717) is 18.2 Å². The Morgan fingerprint density at radius 2 is 2.26 bits per heavy atom. The fourth-order valence-electron chi connectivity index (χ4n) is 2.91. The third-order valence-electron chi connectivity index (χ3n) is 4.12. The number of aromatic nitrogens is 4. The Labute approximate surface area is 138 Å². The van der Waals surface area contributed by atoms with E-state index in [0.717, 1.165) is 17.0 Å². The number of fused-ring (bicyclic) bond motifs is 1. The minimum absolute atomic E-state index is 0.0464. The van der Waals surface area contributed by atoms with Crippen LogP contribution in [0.25, 0.3) is 5.65 Å². The molecule has 0 amide bonds. The van der Waals surface area contributed by atoms with Crippen molar-refractivity contribution < 1.29 is 4.74 Å². The van der Waals surface area contributed by atoms with Crippen molar-refractivity contribution in [2.75, 3.05) is 18.1 Å². The summed E-state index contributed by atoms with van der Waals surface area (Å²) in [4.78, 5) is 6.74. The van der Waals surface area contributed by atoms with Crippen LogP contribution in [0.15, 0.2) is 43.0 Å². The predicted molar refractivity (Wildman–Crippen MR) is 87.7 cm³/mol. The largest absolute Gasteiger partial charge is 0.370 e. The smallest absolute Gasteiger partial charge is 0.203 e. The van der Waals surface area contributed by atoms with Gasteiger partial charge in [0.2, 0.25) is 5.65 Å². The number of benzene rings is 1. The van der Waals surface area contributed by atoms with Crippen molar-refractivity contribution in [2.24, 2.45) is 0 Å². The third kappa shape index (κ3) is 2.64. The van der Waals surface area contributed by atoms with Crippen molar-refractivity contribution in [3.63, 3.8) is 0 Å². The molecule has 1 aliphatic heterocycles. The van der Waals surface area contributed by atoms with Gasteiger partial charge in [-0.2, -0.15) is 0 Å². The van der Waals surface area contributed by atoms with Crippen LogP contribution < -0.4 is 4.90 Å². The summed E-state index contributed by atoms with van der Waals surface area (Å²) in [6.07, 6.45) is 5.25. The van der Waals surface area contributed by atoms with Crippen LogP contribution >= 0.6 is 11.6 Å². The number of hydrogen-bond acceptors (Lipinski definition) is 5. The van der Waals surface area contributed by atoms with E-state index in [1.54, 1.807) is 12.5 Å². The Balaban J connectivity index is 1.69. The van der Waals surface area contributed by atoms with E-state index in [4.69, 9.17) is 16.3 Å². The number of halogens is 1. The topological polar surface area (TPSA) is 55.5 Å². The average molecular weight is 330 g/mol. The first-order valence-corrected chi connectivity index (χ1v) is 7.88. The SMILES string of the molecule is C[C@H]1CO[C@H](c2cccc(Cl)c2)CN1c1nccn2cnnc12. The first kappa shape index (κ1) is 14.4. The van der Waals surface area contributed by atoms with Gasteiger partial charge in [-0.1, -0.05) is 23.7 Å². The molecule has 2 atom stereocenters. The van der Waals surface area contributed by atoms with E-state index in [1.165, 1.54) is 0 Å². The molecule has 4 rings (SSSR count). The molecule has 0 bridgehead atoms. The van der Waals surface area contributed by atoms with Crippen LogP contribution in [-0.2, 0) is 4.74 Å². The Morgan fingerprint density at radius 3 is 3.13 bits per heavy atom. The van der Waals surface area contributed by atoms with Gasteiger partial charge in [0.05, 0.1) is 19.2 Å². The summed E-state index contributed by atoms with van der Waals surface area (Å²) >= 11 is 6.11. The molecule has 118 valence electrons. The molecule has 1 fully saturated rings. The van der Waals surface area contributed by atoms with Crippen LogP contribution in [0.1, 0.15) is 18.6 Å². The van der Waals surface area contributed by atoms with Crippen molar-refractivity contribution in [1.82, 2.24) is 19.6 Å². The first-order valence-electron chi connectivity index (χ1n) is 7.50. The molecule has 0 aliphatic carbocycles. The van der Waals surface area contributed by atoms with Gasteiger partial charge in [-0.05, 0) is 24.6 Å². The molecule has 3 aromatic rings. The monoisotopic (exact) mass is 329 g/mol. The number of ether oxygens (including phenoxy) is 1. The van der Waals surface area contributed by atoms with E-state index >= 15 is 0 Å². The molecule has 1 saturated heterocycles. The van der Waals surface area contributed by atoms with Crippen LogP contribution in [0.4, 0.5) is 5.82 Å². The molecule has 1 aromatic carbocycles. The van der Waals surface area contributed by atoms with Crippen LogP contribution in [-0.4, -0.2) is 38.8 Å². The second-order valence-electron chi connectivity index (χ2n) is 5.69. The summed E-state index contributed by atoms with van der Waals surface area (Å²) in [6, 6.07) is 8.01. The molecule has 23 heavy (non-hydrogen) atoms. The zero-order valence-electron chi connectivity index (χ0n) is 12.6. The number of hydrogen-bond donors (Lipinski definition) is 0. The molecule has 7 heteroatoms. The molecule has 0 spiro atoms. The van der Waals surface area contributed by atoms with Gasteiger partial charge in [0.25, 0.3) is 0 Å². The normalized spacial score (nSPS) is 21.7. The highest BCUT2D eigenvalue weighted by atomic mass is 35.5. The molecule has 0 radical (unpaired) electrons. The minimum atomic E-state index is -0.0464. The van der Waals surface area contributed by atoms with Gasteiger partial charge in [0.15, 0.2) is 5.82 Å². The van der Waals surface area contributed by atoms with Crippen LogP contribution in [0, 0.1) is 0 Å². The molecule has 1 aliphatic rings. The molecule has 3 heterocycles. The standard InChI is InChI=1S/C16H16ClN5O/c1-11-9-23-14(12-3-2-4-13(17)7-12)8-22(11)15-16-20-19-10-21(16)6-5-18-15/h2-7,10-11,14H,8-9H2,1H3/t11-,14-/m0/s1. The van der Waals surface area contributed by atoms with Gasteiger partial charge in [-0.25, -0.2) is 4.98 Å². The molecule has 0 N–H and O–H groups in total. The summed E-state index contributed by atoms with van der Waals surface area (Å²) in [7, 11) is 0. The molecule has 0 saturated carbocycles. The summed E-state index contributed by atoms with van der Waals surface area (Å²) in [5.74, 6) is 0.827.